The van der Waals surface area contributed by atoms with E-state index in [9.17, 15) is 10.2 Å². The van der Waals surface area contributed by atoms with E-state index in [0.717, 1.165) is 11.8 Å². The van der Waals surface area contributed by atoms with Crippen molar-refractivity contribution in [2.24, 2.45) is 11.8 Å². The van der Waals surface area contributed by atoms with Gasteiger partial charge >= 0.3 is 0 Å². The Hall–Kier alpha value is -1.18. The van der Waals surface area contributed by atoms with E-state index < -0.39 is 0 Å². The quantitative estimate of drug-likeness (QED) is 0.690. The molecular weight excluding hydrogens is 188 g/mol. The van der Waals surface area contributed by atoms with Gasteiger partial charge in [0.2, 0.25) is 0 Å². The van der Waals surface area contributed by atoms with E-state index in [1.165, 1.54) is 31.2 Å². The predicted molar refractivity (Wildman–Crippen MR) is 58.0 cm³/mol. The average Bonchev–Trinajstić information content (AvgIpc) is 2.83. The summed E-state index contributed by atoms with van der Waals surface area (Å²) >= 11 is 0. The first-order valence-electron chi connectivity index (χ1n) is 5.76. The summed E-state index contributed by atoms with van der Waals surface area (Å²) in [4.78, 5) is 0. The van der Waals surface area contributed by atoms with E-state index in [1.54, 1.807) is 12.1 Å². The third-order valence-electron chi connectivity index (χ3n) is 4.17. The summed E-state index contributed by atoms with van der Waals surface area (Å²) in [6.07, 6.45) is 5.38. The highest BCUT2D eigenvalue weighted by atomic mass is 16.3. The number of hydrogen-bond acceptors (Lipinski definition) is 2. The summed E-state index contributed by atoms with van der Waals surface area (Å²) in [6.45, 7) is 0. The number of phenols is 2. The summed E-state index contributed by atoms with van der Waals surface area (Å²) in [5, 5.41) is 18.7. The van der Waals surface area contributed by atoms with Gasteiger partial charge in [0.15, 0.2) is 11.5 Å². The van der Waals surface area contributed by atoms with Crippen molar-refractivity contribution >= 4 is 0 Å². The van der Waals surface area contributed by atoms with Crippen LogP contribution < -0.4 is 0 Å². The number of phenolic OH excluding ortho intramolecular Hbond substituents is 2. The fourth-order valence-electron chi connectivity index (χ4n) is 3.42. The molecule has 2 fully saturated rings. The van der Waals surface area contributed by atoms with Crippen molar-refractivity contribution in [1.82, 2.24) is 0 Å². The van der Waals surface area contributed by atoms with Gasteiger partial charge in [-0.3, -0.25) is 0 Å². The van der Waals surface area contributed by atoms with Gasteiger partial charge < -0.3 is 10.2 Å². The Morgan fingerprint density at radius 2 is 1.87 bits per heavy atom. The lowest BCUT2D eigenvalue weighted by Crippen LogP contribution is -2.08. The van der Waals surface area contributed by atoms with Crippen LogP contribution in [0.4, 0.5) is 0 Å². The molecule has 2 saturated carbocycles. The summed E-state index contributed by atoms with van der Waals surface area (Å²) in [5.74, 6) is 2.36. The van der Waals surface area contributed by atoms with Crippen LogP contribution in [0.5, 0.6) is 11.5 Å². The Kier molecular flexibility index (Phi) is 1.91. The molecule has 0 saturated heterocycles. The molecule has 2 aliphatic carbocycles. The minimum absolute atomic E-state index is 0.0121. The van der Waals surface area contributed by atoms with Gasteiger partial charge in [-0.1, -0.05) is 12.5 Å². The Balaban J connectivity index is 1.90. The first kappa shape index (κ1) is 9.08. The Morgan fingerprint density at radius 1 is 1.00 bits per heavy atom. The molecule has 2 nitrogen and oxygen atoms in total. The molecule has 15 heavy (non-hydrogen) atoms. The maximum atomic E-state index is 9.48. The molecule has 2 bridgehead atoms. The number of fused-ring (bicyclic) bond motifs is 2. The highest BCUT2D eigenvalue weighted by Gasteiger charge is 2.40. The van der Waals surface area contributed by atoms with Crippen molar-refractivity contribution in [3.63, 3.8) is 0 Å². The zero-order valence-electron chi connectivity index (χ0n) is 8.69. The van der Waals surface area contributed by atoms with Gasteiger partial charge in [-0.2, -0.15) is 0 Å². The van der Waals surface area contributed by atoms with Crippen LogP contribution in [0.3, 0.4) is 0 Å². The Labute approximate surface area is 89.6 Å². The minimum atomic E-state index is -0.0121. The zero-order valence-corrected chi connectivity index (χ0v) is 8.69. The molecule has 3 rings (SSSR count). The fraction of sp³-hybridized carbons (Fsp3) is 0.538. The van der Waals surface area contributed by atoms with Gasteiger partial charge in [0, 0.05) is 0 Å². The van der Waals surface area contributed by atoms with Crippen LogP contribution in [0.25, 0.3) is 0 Å². The molecule has 2 aliphatic rings. The topological polar surface area (TPSA) is 40.5 Å². The van der Waals surface area contributed by atoms with Crippen molar-refractivity contribution < 1.29 is 10.2 Å². The van der Waals surface area contributed by atoms with Gasteiger partial charge in [-0.25, -0.2) is 0 Å². The molecule has 0 radical (unpaired) electrons. The van der Waals surface area contributed by atoms with Crippen LogP contribution in [0.2, 0.25) is 0 Å². The minimum Gasteiger partial charge on any atom is -0.504 e. The first-order chi connectivity index (χ1) is 7.24. The normalized spacial score (nSPS) is 33.5. The summed E-state index contributed by atoms with van der Waals surface area (Å²) in [6, 6.07) is 5.30. The summed E-state index contributed by atoms with van der Waals surface area (Å²) in [7, 11) is 0. The van der Waals surface area contributed by atoms with Gasteiger partial charge in [-0.15, -0.1) is 0 Å². The van der Waals surface area contributed by atoms with Gasteiger partial charge in [0.05, 0.1) is 0 Å². The highest BCUT2D eigenvalue weighted by molar-refractivity contribution is 5.42. The van der Waals surface area contributed by atoms with Crippen molar-refractivity contribution in [2.45, 2.75) is 31.6 Å². The third kappa shape index (κ3) is 1.39. The van der Waals surface area contributed by atoms with Crippen LogP contribution in [-0.2, 0) is 0 Å². The number of hydrogen-bond donors (Lipinski definition) is 2. The van der Waals surface area contributed by atoms with E-state index in [-0.39, 0.29) is 11.5 Å². The van der Waals surface area contributed by atoms with E-state index in [4.69, 9.17) is 0 Å². The van der Waals surface area contributed by atoms with Crippen molar-refractivity contribution in [1.29, 1.82) is 0 Å². The second-order valence-corrected chi connectivity index (χ2v) is 5.03. The molecule has 0 amide bonds. The van der Waals surface area contributed by atoms with Crippen molar-refractivity contribution in [3.8, 4) is 11.5 Å². The smallest absolute Gasteiger partial charge is 0.157 e. The lowest BCUT2D eigenvalue weighted by atomic mass is 9.83. The third-order valence-corrected chi connectivity index (χ3v) is 4.17. The molecule has 0 spiro atoms. The molecule has 0 heterocycles. The van der Waals surface area contributed by atoms with Crippen LogP contribution in [0.15, 0.2) is 18.2 Å². The van der Waals surface area contributed by atoms with E-state index >= 15 is 0 Å². The maximum Gasteiger partial charge on any atom is 0.157 e. The Bertz CT molecular complexity index is 386. The first-order valence-corrected chi connectivity index (χ1v) is 5.76. The molecular formula is C13H16O2. The summed E-state index contributed by atoms with van der Waals surface area (Å²) < 4.78 is 0. The molecule has 1 aromatic rings. The van der Waals surface area contributed by atoms with E-state index in [1.807, 2.05) is 6.07 Å². The van der Waals surface area contributed by atoms with Crippen LogP contribution in [0.1, 0.15) is 37.2 Å². The molecule has 80 valence electrons. The largest absolute Gasteiger partial charge is 0.504 e. The van der Waals surface area contributed by atoms with E-state index in [2.05, 4.69) is 0 Å². The number of benzene rings is 1. The maximum absolute atomic E-state index is 9.48. The van der Waals surface area contributed by atoms with Crippen LogP contribution in [0, 0.1) is 11.8 Å². The molecule has 2 heteroatoms. The molecule has 0 aliphatic heterocycles. The van der Waals surface area contributed by atoms with Crippen molar-refractivity contribution in [3.05, 3.63) is 23.8 Å². The molecule has 2 N–H and O–H groups in total. The second kappa shape index (κ2) is 3.16. The van der Waals surface area contributed by atoms with Gasteiger partial charge in [0.1, 0.15) is 0 Å². The lowest BCUT2D eigenvalue weighted by molar-refractivity contribution is 0.395. The highest BCUT2D eigenvalue weighted by Crippen LogP contribution is 2.53. The fourth-order valence-corrected chi connectivity index (χ4v) is 3.42. The predicted octanol–water partition coefficient (Wildman–Crippen LogP) is 3.00. The average molecular weight is 204 g/mol. The zero-order chi connectivity index (χ0) is 10.4. The molecule has 0 unspecified atom stereocenters. The molecule has 0 aromatic heterocycles. The standard InChI is InChI=1S/C13H16O2/c14-12-4-3-10(7-13(12)15)11-6-8-1-2-9(11)5-8/h3-4,7-9,11,14-15H,1-2,5-6H2/t8-,9-,11-/m0/s1. The van der Waals surface area contributed by atoms with Gasteiger partial charge in [0.25, 0.3) is 0 Å². The summed E-state index contributed by atoms with van der Waals surface area (Å²) in [5.41, 5.74) is 1.21. The lowest BCUT2D eigenvalue weighted by Gasteiger charge is -2.22. The molecule has 1 aromatic carbocycles. The van der Waals surface area contributed by atoms with Gasteiger partial charge in [-0.05, 0) is 54.7 Å². The monoisotopic (exact) mass is 204 g/mol. The Morgan fingerprint density at radius 3 is 2.47 bits per heavy atom. The van der Waals surface area contributed by atoms with Crippen LogP contribution in [-0.4, -0.2) is 10.2 Å². The second-order valence-electron chi connectivity index (χ2n) is 5.03. The SMILES string of the molecule is Oc1ccc([C@H]2C[C@H]3CC[C@H]2C3)cc1O. The van der Waals surface area contributed by atoms with Crippen LogP contribution >= 0.6 is 0 Å². The molecule has 3 atom stereocenters. The van der Waals surface area contributed by atoms with Crippen molar-refractivity contribution in [2.75, 3.05) is 0 Å². The van der Waals surface area contributed by atoms with E-state index in [0.29, 0.717) is 5.92 Å². The number of rotatable bonds is 1. The number of aromatic hydroxyl groups is 2.